The van der Waals surface area contributed by atoms with Gasteiger partial charge in [-0.25, -0.2) is 15.0 Å². The van der Waals surface area contributed by atoms with Crippen molar-refractivity contribution in [1.29, 1.82) is 0 Å². The zero-order valence-electron chi connectivity index (χ0n) is 27.0. The lowest BCUT2D eigenvalue weighted by Gasteiger charge is -2.13. The lowest BCUT2D eigenvalue weighted by Crippen LogP contribution is -2.00. The quantitative estimate of drug-likeness (QED) is 0.188. The Morgan fingerprint density at radius 2 is 0.880 bits per heavy atom. The van der Waals surface area contributed by atoms with Crippen LogP contribution in [0, 0.1) is 0 Å². The average Bonchev–Trinajstić information content (AvgIpc) is 3.72. The normalized spacial score (nSPS) is 11.6. The molecule has 0 bridgehead atoms. The van der Waals surface area contributed by atoms with Gasteiger partial charge in [0.2, 0.25) is 0 Å². The summed E-state index contributed by atoms with van der Waals surface area (Å²) in [5.41, 5.74) is 11.4. The maximum atomic E-state index is 5.29. The van der Waals surface area contributed by atoms with Crippen LogP contribution in [0.15, 0.2) is 176 Å². The fraction of sp³-hybridized carbons (Fsp3) is 0. The van der Waals surface area contributed by atoms with Crippen LogP contribution in [0.25, 0.3) is 88.9 Å². The zero-order valence-corrected chi connectivity index (χ0v) is 27.0. The SMILES string of the molecule is c1ccc(-c2cc3c4ccccc4n(-c4cnc(-c5ccc(-n6c7ccccc7c7ccccc76)cc5)nc4)c3c(-c3ccccc3)n2)cc1. The van der Waals surface area contributed by atoms with Crippen LogP contribution < -0.4 is 0 Å². The number of rotatable bonds is 5. The predicted molar refractivity (Wildman–Crippen MR) is 205 cm³/mol. The highest BCUT2D eigenvalue weighted by Gasteiger charge is 2.20. The van der Waals surface area contributed by atoms with E-state index in [1.54, 1.807) is 0 Å². The van der Waals surface area contributed by atoms with Crippen molar-refractivity contribution in [3.8, 4) is 45.3 Å². The number of aromatic nitrogens is 5. The Labute approximate surface area is 288 Å². The fourth-order valence-electron chi connectivity index (χ4n) is 7.36. The first-order chi connectivity index (χ1) is 24.8. The van der Waals surface area contributed by atoms with Gasteiger partial charge in [-0.15, -0.1) is 0 Å². The third-order valence-corrected chi connectivity index (χ3v) is 9.63. The first-order valence-corrected chi connectivity index (χ1v) is 16.8. The Bertz CT molecular complexity index is 2780. The van der Waals surface area contributed by atoms with E-state index in [0.717, 1.165) is 61.3 Å². The van der Waals surface area contributed by atoms with Gasteiger partial charge in [0.1, 0.15) is 0 Å². The van der Waals surface area contributed by atoms with Gasteiger partial charge in [0.25, 0.3) is 0 Å². The summed E-state index contributed by atoms with van der Waals surface area (Å²) < 4.78 is 4.58. The van der Waals surface area contributed by atoms with Crippen LogP contribution in [-0.2, 0) is 0 Å². The van der Waals surface area contributed by atoms with Gasteiger partial charge < -0.3 is 9.13 Å². The van der Waals surface area contributed by atoms with Crippen LogP contribution in [-0.4, -0.2) is 24.1 Å². The van der Waals surface area contributed by atoms with Crippen LogP contribution in [0.4, 0.5) is 0 Å². The van der Waals surface area contributed by atoms with E-state index in [1.165, 1.54) is 21.8 Å². The second-order valence-electron chi connectivity index (χ2n) is 12.5. The Kier molecular flexibility index (Phi) is 6.42. The van der Waals surface area contributed by atoms with Crippen molar-refractivity contribution >= 4 is 43.6 Å². The molecular formula is C45H29N5. The van der Waals surface area contributed by atoms with Crippen LogP contribution in [0.5, 0.6) is 0 Å². The van der Waals surface area contributed by atoms with E-state index in [1.807, 2.05) is 24.5 Å². The molecular weight excluding hydrogens is 611 g/mol. The van der Waals surface area contributed by atoms with Gasteiger partial charge in [-0.2, -0.15) is 0 Å². The van der Waals surface area contributed by atoms with Crippen molar-refractivity contribution in [2.45, 2.75) is 0 Å². The molecule has 0 unspecified atom stereocenters. The highest BCUT2D eigenvalue weighted by atomic mass is 15.0. The largest absolute Gasteiger partial charge is 0.309 e. The molecule has 10 aromatic rings. The Morgan fingerprint density at radius 3 is 1.48 bits per heavy atom. The minimum Gasteiger partial charge on any atom is -0.309 e. The van der Waals surface area contributed by atoms with E-state index in [-0.39, 0.29) is 0 Å². The summed E-state index contributed by atoms with van der Waals surface area (Å²) in [5, 5.41) is 4.79. The second-order valence-corrected chi connectivity index (χ2v) is 12.5. The molecule has 0 amide bonds. The number of hydrogen-bond acceptors (Lipinski definition) is 3. The number of fused-ring (bicyclic) bond motifs is 6. The van der Waals surface area contributed by atoms with Crippen molar-refractivity contribution in [1.82, 2.24) is 24.1 Å². The lowest BCUT2D eigenvalue weighted by molar-refractivity contribution is 1.08. The standard InChI is InChI=1S/C45H29N5/c1-3-13-30(14-4-1)39-27-38-37-19-9-12-22-42(37)50(44(38)43(48-39)31-15-5-2-6-16-31)34-28-46-45(47-29-34)32-23-25-33(26-24-32)49-40-20-10-7-17-35(40)36-18-8-11-21-41(36)49/h1-29H. The van der Waals surface area contributed by atoms with E-state index in [4.69, 9.17) is 15.0 Å². The molecule has 0 saturated carbocycles. The topological polar surface area (TPSA) is 48.5 Å². The highest BCUT2D eigenvalue weighted by molar-refractivity contribution is 6.14. The minimum atomic E-state index is 0.677. The van der Waals surface area contributed by atoms with Gasteiger partial charge in [0.15, 0.2) is 5.82 Å². The van der Waals surface area contributed by atoms with Gasteiger partial charge in [0.05, 0.1) is 51.5 Å². The Morgan fingerprint density at radius 1 is 0.380 bits per heavy atom. The molecule has 6 aromatic carbocycles. The molecule has 0 saturated heterocycles. The predicted octanol–water partition coefficient (Wildman–Crippen LogP) is 11.1. The summed E-state index contributed by atoms with van der Waals surface area (Å²) >= 11 is 0. The van der Waals surface area contributed by atoms with E-state index in [0.29, 0.717) is 5.82 Å². The molecule has 234 valence electrons. The number of pyridine rings is 1. The van der Waals surface area contributed by atoms with Gasteiger partial charge in [-0.1, -0.05) is 115 Å². The first kappa shape index (κ1) is 28.2. The van der Waals surface area contributed by atoms with Crippen LogP contribution in [0.1, 0.15) is 0 Å². The van der Waals surface area contributed by atoms with Crippen molar-refractivity contribution in [2.75, 3.05) is 0 Å². The molecule has 50 heavy (non-hydrogen) atoms. The zero-order chi connectivity index (χ0) is 33.0. The lowest BCUT2D eigenvalue weighted by atomic mass is 10.0. The van der Waals surface area contributed by atoms with E-state index < -0.39 is 0 Å². The van der Waals surface area contributed by atoms with Gasteiger partial charge in [0, 0.05) is 43.9 Å². The third-order valence-electron chi connectivity index (χ3n) is 9.63. The minimum absolute atomic E-state index is 0.677. The molecule has 4 heterocycles. The molecule has 0 spiro atoms. The third kappa shape index (κ3) is 4.45. The van der Waals surface area contributed by atoms with Crippen LogP contribution in [0.2, 0.25) is 0 Å². The van der Waals surface area contributed by atoms with Crippen molar-refractivity contribution in [3.63, 3.8) is 0 Å². The molecule has 0 N–H and O–H groups in total. The van der Waals surface area contributed by atoms with Crippen LogP contribution in [0.3, 0.4) is 0 Å². The molecule has 0 fully saturated rings. The summed E-state index contributed by atoms with van der Waals surface area (Å²) in [5.74, 6) is 0.677. The number of benzene rings is 6. The molecule has 0 aliphatic carbocycles. The van der Waals surface area contributed by atoms with E-state index in [9.17, 15) is 0 Å². The van der Waals surface area contributed by atoms with Crippen molar-refractivity contribution < 1.29 is 0 Å². The van der Waals surface area contributed by atoms with Gasteiger partial charge >= 0.3 is 0 Å². The fourth-order valence-corrected chi connectivity index (χ4v) is 7.36. The number of para-hydroxylation sites is 3. The van der Waals surface area contributed by atoms with Gasteiger partial charge in [-0.05, 0) is 48.5 Å². The van der Waals surface area contributed by atoms with Crippen molar-refractivity contribution in [2.24, 2.45) is 0 Å². The maximum absolute atomic E-state index is 5.29. The smallest absolute Gasteiger partial charge is 0.159 e. The van der Waals surface area contributed by atoms with Crippen molar-refractivity contribution in [3.05, 3.63) is 176 Å². The molecule has 0 atom stereocenters. The highest BCUT2D eigenvalue weighted by Crippen LogP contribution is 2.39. The van der Waals surface area contributed by atoms with E-state index in [2.05, 4.69) is 161 Å². The van der Waals surface area contributed by atoms with Crippen LogP contribution >= 0.6 is 0 Å². The number of hydrogen-bond donors (Lipinski definition) is 0. The first-order valence-electron chi connectivity index (χ1n) is 16.8. The van der Waals surface area contributed by atoms with Gasteiger partial charge in [-0.3, -0.25) is 0 Å². The average molecular weight is 640 g/mol. The molecule has 4 aromatic heterocycles. The molecule has 0 aliphatic rings. The maximum Gasteiger partial charge on any atom is 0.159 e. The molecule has 0 radical (unpaired) electrons. The summed E-state index contributed by atoms with van der Waals surface area (Å²) in [7, 11) is 0. The summed E-state index contributed by atoms with van der Waals surface area (Å²) in [6.45, 7) is 0. The molecule has 10 rings (SSSR count). The monoisotopic (exact) mass is 639 g/mol. The Balaban J connectivity index is 1.10. The van der Waals surface area contributed by atoms with E-state index >= 15 is 0 Å². The molecule has 0 aliphatic heterocycles. The number of nitrogens with zero attached hydrogens (tertiary/aromatic N) is 5. The summed E-state index contributed by atoms with van der Waals surface area (Å²) in [4.78, 5) is 15.1. The summed E-state index contributed by atoms with van der Waals surface area (Å²) in [6.07, 6.45) is 3.85. The molecule has 5 heteroatoms. The summed E-state index contributed by atoms with van der Waals surface area (Å²) in [6, 6.07) is 57.2. The second kappa shape index (κ2) is 11.4. The Hall–Kier alpha value is -6.85. The molecule has 5 nitrogen and oxygen atoms in total.